The van der Waals surface area contributed by atoms with E-state index in [4.69, 9.17) is 0 Å². The first-order valence-corrected chi connectivity index (χ1v) is 6.09. The zero-order valence-corrected chi connectivity index (χ0v) is 9.88. The van der Waals surface area contributed by atoms with E-state index >= 15 is 0 Å². The van der Waals surface area contributed by atoms with E-state index in [9.17, 15) is 9.90 Å². The van der Waals surface area contributed by atoms with E-state index in [2.05, 4.69) is 9.88 Å². The zero-order valence-electron chi connectivity index (χ0n) is 9.88. The summed E-state index contributed by atoms with van der Waals surface area (Å²) in [5.74, 6) is 0.151. The smallest absolute Gasteiger partial charge is 0.164 e. The van der Waals surface area contributed by atoms with Crippen molar-refractivity contribution in [3.8, 4) is 0 Å². The van der Waals surface area contributed by atoms with Gasteiger partial charge in [-0.05, 0) is 31.5 Å². The van der Waals surface area contributed by atoms with Crippen molar-refractivity contribution in [2.75, 3.05) is 19.6 Å². The molecule has 0 unspecified atom stereocenters. The van der Waals surface area contributed by atoms with E-state index in [-0.39, 0.29) is 11.9 Å². The number of hydrogen-bond acceptors (Lipinski definition) is 4. The highest BCUT2D eigenvalue weighted by atomic mass is 16.3. The lowest BCUT2D eigenvalue weighted by molar-refractivity contribution is 0.0975. The van der Waals surface area contributed by atoms with Crippen LogP contribution in [0.2, 0.25) is 0 Å². The summed E-state index contributed by atoms with van der Waals surface area (Å²) in [6.07, 6.45) is 5.36. The standard InChI is InChI=1S/C13H18N2O2/c16-12-5-8-15(10-12)7-2-4-13(17)11-3-1-6-14-9-11/h1,3,6,9,12,16H,2,4-5,7-8,10H2/t12-/m1/s1. The number of β-amino-alcohol motifs (C(OH)–C–C–N with tert-alkyl or cyclic N) is 1. The van der Waals surface area contributed by atoms with Gasteiger partial charge in [0.1, 0.15) is 0 Å². The van der Waals surface area contributed by atoms with Crippen LogP contribution in [0.3, 0.4) is 0 Å². The molecule has 0 aliphatic carbocycles. The van der Waals surface area contributed by atoms with Crippen LogP contribution < -0.4 is 0 Å². The average Bonchev–Trinajstić information content (AvgIpc) is 2.76. The molecule has 0 aromatic carbocycles. The number of likely N-dealkylation sites (tertiary alicyclic amines) is 1. The largest absolute Gasteiger partial charge is 0.392 e. The molecule has 17 heavy (non-hydrogen) atoms. The first-order valence-electron chi connectivity index (χ1n) is 6.09. The quantitative estimate of drug-likeness (QED) is 0.775. The number of aliphatic hydroxyl groups excluding tert-OH is 1. The molecule has 4 heteroatoms. The number of nitrogens with zero attached hydrogens (tertiary/aromatic N) is 2. The van der Waals surface area contributed by atoms with Crippen molar-refractivity contribution in [3.05, 3.63) is 30.1 Å². The third kappa shape index (κ3) is 3.61. The van der Waals surface area contributed by atoms with Crippen LogP contribution in [-0.2, 0) is 0 Å². The number of rotatable bonds is 5. The van der Waals surface area contributed by atoms with Gasteiger partial charge in [-0.15, -0.1) is 0 Å². The molecule has 0 radical (unpaired) electrons. The zero-order chi connectivity index (χ0) is 12.1. The summed E-state index contributed by atoms with van der Waals surface area (Å²) < 4.78 is 0. The van der Waals surface area contributed by atoms with E-state index in [1.165, 1.54) is 0 Å². The van der Waals surface area contributed by atoms with Gasteiger partial charge in [-0.1, -0.05) is 0 Å². The molecule has 1 saturated heterocycles. The van der Waals surface area contributed by atoms with Crippen LogP contribution in [0.25, 0.3) is 0 Å². The predicted octanol–water partition coefficient (Wildman–Crippen LogP) is 1.11. The van der Waals surface area contributed by atoms with Crippen LogP contribution in [0.1, 0.15) is 29.6 Å². The van der Waals surface area contributed by atoms with Gasteiger partial charge in [0.25, 0.3) is 0 Å². The Labute approximate surface area is 101 Å². The summed E-state index contributed by atoms with van der Waals surface area (Å²) in [4.78, 5) is 17.9. The Bertz CT molecular complexity index is 367. The summed E-state index contributed by atoms with van der Waals surface area (Å²) in [5.41, 5.74) is 0.689. The molecule has 0 spiro atoms. The summed E-state index contributed by atoms with van der Waals surface area (Å²) in [6, 6.07) is 3.58. The fraction of sp³-hybridized carbons (Fsp3) is 0.538. The third-order valence-electron chi connectivity index (χ3n) is 3.11. The molecule has 1 aliphatic heterocycles. The molecule has 1 atom stereocenters. The Morgan fingerprint density at radius 3 is 3.12 bits per heavy atom. The minimum Gasteiger partial charge on any atom is -0.392 e. The fourth-order valence-electron chi connectivity index (χ4n) is 2.15. The van der Waals surface area contributed by atoms with Crippen molar-refractivity contribution in [2.45, 2.75) is 25.4 Å². The van der Waals surface area contributed by atoms with Crippen LogP contribution >= 0.6 is 0 Å². The average molecular weight is 234 g/mol. The van der Waals surface area contributed by atoms with Crippen molar-refractivity contribution in [3.63, 3.8) is 0 Å². The number of carbonyl (C=O) groups excluding carboxylic acids is 1. The number of aliphatic hydroxyl groups is 1. The highest BCUT2D eigenvalue weighted by Crippen LogP contribution is 2.10. The van der Waals surface area contributed by atoms with E-state index in [1.807, 2.05) is 0 Å². The second-order valence-corrected chi connectivity index (χ2v) is 4.51. The van der Waals surface area contributed by atoms with Gasteiger partial charge in [-0.3, -0.25) is 9.78 Å². The second kappa shape index (κ2) is 5.89. The van der Waals surface area contributed by atoms with Crippen molar-refractivity contribution in [1.82, 2.24) is 9.88 Å². The summed E-state index contributed by atoms with van der Waals surface area (Å²) in [7, 11) is 0. The highest BCUT2D eigenvalue weighted by molar-refractivity contribution is 5.95. The van der Waals surface area contributed by atoms with Crippen LogP contribution in [0.4, 0.5) is 0 Å². The molecular formula is C13H18N2O2. The number of ketones is 1. The predicted molar refractivity (Wildman–Crippen MR) is 64.9 cm³/mol. The minimum absolute atomic E-state index is 0.151. The Balaban J connectivity index is 1.70. The molecule has 0 saturated carbocycles. The Morgan fingerprint density at radius 1 is 1.59 bits per heavy atom. The van der Waals surface area contributed by atoms with Crippen molar-refractivity contribution >= 4 is 5.78 Å². The van der Waals surface area contributed by atoms with Gasteiger partial charge >= 0.3 is 0 Å². The summed E-state index contributed by atoms with van der Waals surface area (Å²) in [5, 5.41) is 9.37. The van der Waals surface area contributed by atoms with E-state index in [0.717, 1.165) is 32.5 Å². The SMILES string of the molecule is O=C(CCCN1CC[C@@H](O)C1)c1cccnc1. The number of Topliss-reactive ketones (excluding diaryl/α,β-unsaturated/α-hetero) is 1. The molecule has 1 aromatic heterocycles. The van der Waals surface area contributed by atoms with E-state index in [0.29, 0.717) is 12.0 Å². The van der Waals surface area contributed by atoms with Gasteiger partial charge in [0.05, 0.1) is 6.10 Å². The van der Waals surface area contributed by atoms with Crippen molar-refractivity contribution in [1.29, 1.82) is 0 Å². The van der Waals surface area contributed by atoms with Gasteiger partial charge in [0, 0.05) is 37.5 Å². The van der Waals surface area contributed by atoms with Crippen molar-refractivity contribution in [2.24, 2.45) is 0 Å². The Hall–Kier alpha value is -1.26. The molecule has 2 rings (SSSR count). The highest BCUT2D eigenvalue weighted by Gasteiger charge is 2.19. The van der Waals surface area contributed by atoms with E-state index in [1.54, 1.807) is 24.5 Å². The lowest BCUT2D eigenvalue weighted by Gasteiger charge is -2.13. The maximum absolute atomic E-state index is 11.8. The molecule has 0 bridgehead atoms. The first-order chi connectivity index (χ1) is 8.25. The van der Waals surface area contributed by atoms with Gasteiger partial charge in [0.15, 0.2) is 5.78 Å². The number of carbonyl (C=O) groups is 1. The molecule has 1 aromatic rings. The van der Waals surface area contributed by atoms with Crippen LogP contribution in [0, 0.1) is 0 Å². The van der Waals surface area contributed by atoms with Gasteiger partial charge in [-0.25, -0.2) is 0 Å². The maximum atomic E-state index is 11.8. The molecule has 1 N–H and O–H groups in total. The molecule has 92 valence electrons. The number of pyridine rings is 1. The molecule has 2 heterocycles. The minimum atomic E-state index is -0.177. The molecule has 1 aliphatic rings. The maximum Gasteiger partial charge on any atom is 0.164 e. The topological polar surface area (TPSA) is 53.4 Å². The van der Waals surface area contributed by atoms with Crippen molar-refractivity contribution < 1.29 is 9.90 Å². The van der Waals surface area contributed by atoms with Crippen LogP contribution in [-0.4, -0.2) is 46.5 Å². The lowest BCUT2D eigenvalue weighted by Crippen LogP contribution is -2.23. The Morgan fingerprint density at radius 2 is 2.47 bits per heavy atom. The monoisotopic (exact) mass is 234 g/mol. The first kappa shape index (κ1) is 12.2. The molecule has 1 fully saturated rings. The lowest BCUT2D eigenvalue weighted by atomic mass is 10.1. The fourth-order valence-corrected chi connectivity index (χ4v) is 2.15. The molecule has 4 nitrogen and oxygen atoms in total. The summed E-state index contributed by atoms with van der Waals surface area (Å²) in [6.45, 7) is 2.59. The van der Waals surface area contributed by atoms with Gasteiger partial charge in [0.2, 0.25) is 0 Å². The third-order valence-corrected chi connectivity index (χ3v) is 3.11. The normalized spacial score (nSPS) is 20.6. The Kier molecular flexibility index (Phi) is 4.23. The number of hydrogen-bond donors (Lipinski definition) is 1. The van der Waals surface area contributed by atoms with E-state index < -0.39 is 0 Å². The van der Waals surface area contributed by atoms with Crippen LogP contribution in [0.5, 0.6) is 0 Å². The van der Waals surface area contributed by atoms with Gasteiger partial charge in [-0.2, -0.15) is 0 Å². The van der Waals surface area contributed by atoms with Gasteiger partial charge < -0.3 is 10.0 Å². The molecule has 0 amide bonds. The second-order valence-electron chi connectivity index (χ2n) is 4.51. The van der Waals surface area contributed by atoms with Crippen LogP contribution in [0.15, 0.2) is 24.5 Å². The number of aromatic nitrogens is 1. The summed E-state index contributed by atoms with van der Waals surface area (Å²) >= 11 is 0. The molecular weight excluding hydrogens is 216 g/mol.